The van der Waals surface area contributed by atoms with Crippen LogP contribution < -0.4 is 0 Å². The van der Waals surface area contributed by atoms with Gasteiger partial charge in [0.15, 0.2) is 0 Å². The van der Waals surface area contributed by atoms with Crippen molar-refractivity contribution in [1.82, 2.24) is 0 Å². The van der Waals surface area contributed by atoms with Gasteiger partial charge < -0.3 is 5.21 Å². The first-order valence-corrected chi connectivity index (χ1v) is 7.83. The van der Waals surface area contributed by atoms with Gasteiger partial charge in [-0.1, -0.05) is 89.1 Å². The molecule has 0 atom stereocenters. The van der Waals surface area contributed by atoms with Crippen LogP contribution in [-0.2, 0) is 0 Å². The van der Waals surface area contributed by atoms with Gasteiger partial charge in [0.1, 0.15) is 0 Å². The average molecular weight is 305 g/mol. The summed E-state index contributed by atoms with van der Waals surface area (Å²) in [5, 5.41) is 12.5. The molecule has 0 aliphatic heterocycles. The van der Waals surface area contributed by atoms with E-state index in [0.29, 0.717) is 12.8 Å². The number of benzene rings is 2. The van der Waals surface area contributed by atoms with Crippen LogP contribution in [0.15, 0.2) is 65.8 Å². The molecule has 0 radical (unpaired) electrons. The lowest BCUT2D eigenvalue weighted by Gasteiger charge is -1.98. The predicted octanol–water partition coefficient (Wildman–Crippen LogP) is 5.64. The Balaban J connectivity index is 1.85. The molecule has 23 heavy (non-hydrogen) atoms. The Labute approximate surface area is 138 Å². The van der Waals surface area contributed by atoms with Gasteiger partial charge in [0.25, 0.3) is 0 Å². The second-order valence-corrected chi connectivity index (χ2v) is 5.70. The zero-order valence-electron chi connectivity index (χ0n) is 13.7. The van der Waals surface area contributed by atoms with Crippen molar-refractivity contribution in [3.63, 3.8) is 0 Å². The van der Waals surface area contributed by atoms with E-state index in [1.54, 1.807) is 0 Å². The third-order valence-corrected chi connectivity index (χ3v) is 3.62. The molecule has 0 fully saturated rings. The van der Waals surface area contributed by atoms with E-state index in [2.05, 4.69) is 67.5 Å². The zero-order chi connectivity index (χ0) is 16.5. The molecule has 0 aliphatic rings. The molecular weight excluding hydrogens is 282 g/mol. The van der Waals surface area contributed by atoms with Crippen molar-refractivity contribution < 1.29 is 5.21 Å². The summed E-state index contributed by atoms with van der Waals surface area (Å²) in [6.45, 7) is 4.15. The minimum Gasteiger partial charge on any atom is -0.411 e. The minimum absolute atomic E-state index is 0.641. The Kier molecular flexibility index (Phi) is 6.37. The average Bonchev–Trinajstić information content (AvgIpc) is 2.57. The molecule has 0 aliphatic carbocycles. The van der Waals surface area contributed by atoms with Crippen molar-refractivity contribution in [2.24, 2.45) is 5.16 Å². The first-order valence-electron chi connectivity index (χ1n) is 7.83. The second-order valence-electron chi connectivity index (χ2n) is 5.70. The molecule has 118 valence electrons. The van der Waals surface area contributed by atoms with Crippen LogP contribution in [0.5, 0.6) is 0 Å². The molecule has 0 aromatic heterocycles. The third-order valence-electron chi connectivity index (χ3n) is 3.62. The number of nitrogens with zero attached hydrogens (tertiary/aromatic N) is 1. The molecular formula is C21H23NO. The molecule has 0 saturated heterocycles. The number of allylic oxidation sites excluding steroid dienone is 2. The summed E-state index contributed by atoms with van der Waals surface area (Å²) in [5.74, 6) is 0. The van der Waals surface area contributed by atoms with Gasteiger partial charge in [-0.05, 0) is 25.0 Å². The SMILES string of the molecule is Cc1ccc(C=CCC(CC=Cc2ccc(C)cc2)=NO)cc1. The molecule has 2 rings (SSSR count). The molecule has 0 spiro atoms. The summed E-state index contributed by atoms with van der Waals surface area (Å²) in [6.07, 6.45) is 9.44. The van der Waals surface area contributed by atoms with Gasteiger partial charge in [0, 0.05) is 12.8 Å². The number of rotatable bonds is 6. The van der Waals surface area contributed by atoms with E-state index >= 15 is 0 Å². The second kappa shape index (κ2) is 8.74. The van der Waals surface area contributed by atoms with Crippen LogP contribution in [0.25, 0.3) is 12.2 Å². The predicted molar refractivity (Wildman–Crippen MR) is 98.9 cm³/mol. The lowest BCUT2D eigenvalue weighted by Crippen LogP contribution is -1.94. The van der Waals surface area contributed by atoms with E-state index < -0.39 is 0 Å². The van der Waals surface area contributed by atoms with Gasteiger partial charge in [0.05, 0.1) is 5.71 Å². The summed E-state index contributed by atoms with van der Waals surface area (Å²) >= 11 is 0. The summed E-state index contributed by atoms with van der Waals surface area (Å²) in [4.78, 5) is 0. The maximum absolute atomic E-state index is 9.11. The molecule has 2 aromatic rings. The van der Waals surface area contributed by atoms with E-state index in [0.717, 1.165) is 16.8 Å². The molecule has 2 nitrogen and oxygen atoms in total. The Hall–Kier alpha value is -2.61. The maximum atomic E-state index is 9.11. The quantitative estimate of drug-likeness (QED) is 0.418. The third kappa shape index (κ3) is 5.95. The van der Waals surface area contributed by atoms with E-state index in [1.165, 1.54) is 11.1 Å². The normalized spacial score (nSPS) is 11.2. The summed E-state index contributed by atoms with van der Waals surface area (Å²) in [6, 6.07) is 16.7. The number of aryl methyl sites for hydroxylation is 2. The van der Waals surface area contributed by atoms with Crippen LogP contribution in [0.1, 0.15) is 35.1 Å². The summed E-state index contributed by atoms with van der Waals surface area (Å²) < 4.78 is 0. The topological polar surface area (TPSA) is 32.6 Å². The smallest absolute Gasteiger partial charge is 0.0646 e. The fourth-order valence-corrected chi connectivity index (χ4v) is 2.18. The maximum Gasteiger partial charge on any atom is 0.0646 e. The number of hydrogen-bond acceptors (Lipinski definition) is 2. The Morgan fingerprint density at radius 2 is 1.17 bits per heavy atom. The fourth-order valence-electron chi connectivity index (χ4n) is 2.18. The molecule has 2 aromatic carbocycles. The highest BCUT2D eigenvalue weighted by Gasteiger charge is 1.95. The van der Waals surface area contributed by atoms with Crippen LogP contribution in [0.4, 0.5) is 0 Å². The number of hydrogen-bond donors (Lipinski definition) is 1. The van der Waals surface area contributed by atoms with Crippen molar-refractivity contribution in [2.45, 2.75) is 26.7 Å². The van der Waals surface area contributed by atoms with E-state index in [-0.39, 0.29) is 0 Å². The van der Waals surface area contributed by atoms with Crippen LogP contribution in [-0.4, -0.2) is 10.9 Å². The molecule has 2 heteroatoms. The number of oxime groups is 1. The highest BCUT2D eigenvalue weighted by Crippen LogP contribution is 2.08. The Morgan fingerprint density at radius 1 is 0.783 bits per heavy atom. The van der Waals surface area contributed by atoms with Crippen molar-refractivity contribution in [1.29, 1.82) is 0 Å². The van der Waals surface area contributed by atoms with Gasteiger partial charge in [-0.3, -0.25) is 0 Å². The first kappa shape index (κ1) is 16.8. The van der Waals surface area contributed by atoms with E-state index in [9.17, 15) is 0 Å². The first-order chi connectivity index (χ1) is 11.2. The Morgan fingerprint density at radius 3 is 1.52 bits per heavy atom. The molecule has 0 amide bonds. The van der Waals surface area contributed by atoms with Gasteiger partial charge in [-0.25, -0.2) is 0 Å². The Bertz CT molecular complexity index is 632. The van der Waals surface area contributed by atoms with Gasteiger partial charge >= 0.3 is 0 Å². The van der Waals surface area contributed by atoms with Gasteiger partial charge in [-0.2, -0.15) is 0 Å². The summed E-state index contributed by atoms with van der Waals surface area (Å²) in [7, 11) is 0. The van der Waals surface area contributed by atoms with Gasteiger partial charge in [-0.15, -0.1) is 0 Å². The van der Waals surface area contributed by atoms with E-state index in [4.69, 9.17) is 5.21 Å². The highest BCUT2D eigenvalue weighted by molar-refractivity contribution is 5.87. The van der Waals surface area contributed by atoms with E-state index in [1.807, 2.05) is 24.3 Å². The highest BCUT2D eigenvalue weighted by atomic mass is 16.4. The van der Waals surface area contributed by atoms with Gasteiger partial charge in [0.2, 0.25) is 0 Å². The molecule has 0 unspecified atom stereocenters. The molecule has 1 N–H and O–H groups in total. The van der Waals surface area contributed by atoms with Crippen molar-refractivity contribution >= 4 is 17.9 Å². The fraction of sp³-hybridized carbons (Fsp3) is 0.190. The van der Waals surface area contributed by atoms with Crippen LogP contribution in [0.2, 0.25) is 0 Å². The van der Waals surface area contributed by atoms with Crippen molar-refractivity contribution in [2.75, 3.05) is 0 Å². The molecule has 0 bridgehead atoms. The standard InChI is InChI=1S/C21H23NO/c1-17-9-13-19(14-10-17)5-3-7-21(22-23)8-4-6-20-15-11-18(2)12-16-20/h3-6,9-16,23H,7-8H2,1-2H3. The van der Waals surface area contributed by atoms with Crippen LogP contribution >= 0.6 is 0 Å². The van der Waals surface area contributed by atoms with Crippen molar-refractivity contribution in [3.8, 4) is 0 Å². The molecule has 0 saturated carbocycles. The largest absolute Gasteiger partial charge is 0.411 e. The lowest BCUT2D eigenvalue weighted by molar-refractivity contribution is 0.317. The van der Waals surface area contributed by atoms with Crippen LogP contribution in [0, 0.1) is 13.8 Å². The summed E-state index contributed by atoms with van der Waals surface area (Å²) in [5.41, 5.74) is 5.56. The van der Waals surface area contributed by atoms with Crippen LogP contribution in [0.3, 0.4) is 0 Å². The van der Waals surface area contributed by atoms with Crippen molar-refractivity contribution in [3.05, 3.63) is 82.9 Å². The molecule has 0 heterocycles. The monoisotopic (exact) mass is 305 g/mol. The zero-order valence-corrected chi connectivity index (χ0v) is 13.7. The lowest BCUT2D eigenvalue weighted by atomic mass is 10.1. The minimum atomic E-state index is 0.641.